The lowest BCUT2D eigenvalue weighted by molar-refractivity contribution is -0.155. The van der Waals surface area contributed by atoms with Crippen molar-refractivity contribution in [1.29, 1.82) is 0 Å². The third-order valence-electron chi connectivity index (χ3n) is 5.98. The van der Waals surface area contributed by atoms with Gasteiger partial charge in [0.2, 0.25) is 11.8 Å². The fourth-order valence-corrected chi connectivity index (χ4v) is 4.29. The van der Waals surface area contributed by atoms with Crippen molar-refractivity contribution in [1.82, 2.24) is 30.8 Å². The van der Waals surface area contributed by atoms with E-state index in [4.69, 9.17) is 5.11 Å². The van der Waals surface area contributed by atoms with E-state index >= 15 is 0 Å². The van der Waals surface area contributed by atoms with Crippen LogP contribution in [0.15, 0.2) is 36.5 Å². The number of nitrogens with zero attached hydrogens (tertiary/aromatic N) is 4. The first-order valence-electron chi connectivity index (χ1n) is 11.3. The number of rotatable bonds is 7. The van der Waals surface area contributed by atoms with Crippen molar-refractivity contribution in [3.05, 3.63) is 42.2 Å². The highest BCUT2D eigenvalue weighted by Gasteiger charge is 2.44. The molecule has 0 bridgehead atoms. The number of carboxylic acid groups (broad SMARTS) is 1. The second-order valence-electron chi connectivity index (χ2n) is 8.37. The number of pyridine rings is 1. The zero-order chi connectivity index (χ0) is 25.8. The van der Waals surface area contributed by atoms with Crippen LogP contribution in [0.5, 0.6) is 0 Å². The Bertz CT molecular complexity index is 1230. The van der Waals surface area contributed by atoms with Crippen LogP contribution >= 0.6 is 0 Å². The molecule has 1 aromatic heterocycles. The van der Waals surface area contributed by atoms with Crippen molar-refractivity contribution < 1.29 is 33.9 Å². The first kappa shape index (κ1) is 24.6. The van der Waals surface area contributed by atoms with Crippen LogP contribution in [0.2, 0.25) is 0 Å². The number of aliphatic carboxylic acids is 1. The molecule has 1 aromatic carbocycles. The van der Waals surface area contributed by atoms with Gasteiger partial charge in [-0.2, -0.15) is 0 Å². The number of amides is 5. The average molecular weight is 496 g/mol. The third kappa shape index (κ3) is 4.94. The second kappa shape index (κ2) is 10.4. The number of fused-ring (bicyclic) bond motifs is 2. The van der Waals surface area contributed by atoms with E-state index < -0.39 is 48.2 Å². The summed E-state index contributed by atoms with van der Waals surface area (Å²) in [6.07, 6.45) is 1.62. The molecule has 3 heterocycles. The minimum absolute atomic E-state index is 0.0868. The zero-order valence-electron chi connectivity index (χ0n) is 19.1. The molecular weight excluding hydrogens is 472 g/mol. The monoisotopic (exact) mass is 496 g/mol. The number of carbonyl (C=O) groups excluding carboxylic acids is 5. The van der Waals surface area contributed by atoms with Crippen molar-refractivity contribution in [3.8, 4) is 0 Å². The number of carboxylic acids is 1. The quantitative estimate of drug-likeness (QED) is 0.452. The van der Waals surface area contributed by atoms with E-state index in [1.54, 1.807) is 18.2 Å². The molecule has 0 aliphatic carbocycles. The highest BCUT2D eigenvalue weighted by molar-refractivity contribution is 6.05. The van der Waals surface area contributed by atoms with Gasteiger partial charge in [-0.25, -0.2) is 19.8 Å². The van der Waals surface area contributed by atoms with Crippen molar-refractivity contribution >= 4 is 46.8 Å². The highest BCUT2D eigenvalue weighted by Crippen LogP contribution is 2.24. The molecule has 2 fully saturated rings. The number of nitrogens with one attached hydrogen (secondary N) is 2. The summed E-state index contributed by atoms with van der Waals surface area (Å²) in [5.74, 6) is -3.14. The lowest BCUT2D eigenvalue weighted by Gasteiger charge is -2.42. The van der Waals surface area contributed by atoms with Crippen molar-refractivity contribution in [2.75, 3.05) is 13.1 Å². The molecule has 0 radical (unpaired) electrons. The van der Waals surface area contributed by atoms with Gasteiger partial charge in [-0.15, -0.1) is 0 Å². The van der Waals surface area contributed by atoms with Gasteiger partial charge in [0.15, 0.2) is 0 Å². The Morgan fingerprint density at radius 1 is 1.17 bits per heavy atom. The average Bonchev–Trinajstić information content (AvgIpc) is 2.99. The van der Waals surface area contributed by atoms with Crippen LogP contribution in [0.4, 0.5) is 4.79 Å². The molecule has 13 heteroatoms. The first-order chi connectivity index (χ1) is 17.3. The maximum atomic E-state index is 13.5. The van der Waals surface area contributed by atoms with E-state index in [1.165, 1.54) is 6.20 Å². The summed E-state index contributed by atoms with van der Waals surface area (Å²) in [7, 11) is 0. The van der Waals surface area contributed by atoms with E-state index in [2.05, 4.69) is 15.7 Å². The maximum Gasteiger partial charge on any atom is 0.358 e. The van der Waals surface area contributed by atoms with E-state index in [0.717, 1.165) is 20.4 Å². The van der Waals surface area contributed by atoms with Gasteiger partial charge in [-0.1, -0.05) is 24.3 Å². The lowest BCUT2D eigenvalue weighted by Crippen LogP contribution is -2.64. The van der Waals surface area contributed by atoms with E-state index in [1.807, 2.05) is 12.1 Å². The molecule has 2 aliphatic heterocycles. The Balaban J connectivity index is 1.57. The summed E-state index contributed by atoms with van der Waals surface area (Å²) in [5, 5.41) is 15.7. The molecule has 0 saturated carbocycles. The molecular formula is C23H24N6O7. The van der Waals surface area contributed by atoms with Crippen LogP contribution in [0, 0.1) is 0 Å². The Labute approximate surface area is 205 Å². The summed E-state index contributed by atoms with van der Waals surface area (Å²) in [5.41, 5.74) is 2.59. The number of hydrogen-bond acceptors (Lipinski definition) is 7. The number of benzene rings is 1. The van der Waals surface area contributed by atoms with Crippen LogP contribution in [-0.2, 0) is 19.2 Å². The molecule has 0 spiro atoms. The van der Waals surface area contributed by atoms with Gasteiger partial charge in [0, 0.05) is 24.5 Å². The molecule has 2 aliphatic rings. The highest BCUT2D eigenvalue weighted by atomic mass is 16.4. The Kier molecular flexibility index (Phi) is 7.08. The SMILES string of the molecule is O=CC(CC(=O)O)NC(=O)C1CCCN2C(=O)CCN(NC(=O)c3nccc4ccccc34)C(=O)N12. The number of hydrazine groups is 2. The molecule has 2 atom stereocenters. The Morgan fingerprint density at radius 3 is 2.69 bits per heavy atom. The van der Waals surface area contributed by atoms with Gasteiger partial charge in [0.25, 0.3) is 5.91 Å². The summed E-state index contributed by atoms with van der Waals surface area (Å²) in [6, 6.07) is 5.56. The lowest BCUT2D eigenvalue weighted by atomic mass is 10.1. The van der Waals surface area contributed by atoms with Gasteiger partial charge in [-0.05, 0) is 24.3 Å². The van der Waals surface area contributed by atoms with E-state index in [9.17, 15) is 28.8 Å². The number of hydrogen-bond donors (Lipinski definition) is 3. The van der Waals surface area contributed by atoms with Crippen molar-refractivity contribution in [3.63, 3.8) is 0 Å². The second-order valence-corrected chi connectivity index (χ2v) is 8.37. The molecule has 2 aromatic rings. The molecule has 36 heavy (non-hydrogen) atoms. The van der Waals surface area contributed by atoms with E-state index in [0.29, 0.717) is 18.1 Å². The fraction of sp³-hybridized carbons (Fsp3) is 0.348. The van der Waals surface area contributed by atoms with Gasteiger partial charge in [0.05, 0.1) is 19.0 Å². The largest absolute Gasteiger partial charge is 0.481 e. The molecule has 3 N–H and O–H groups in total. The predicted molar refractivity (Wildman–Crippen MR) is 123 cm³/mol. The Hall–Kier alpha value is -4.55. The summed E-state index contributed by atoms with van der Waals surface area (Å²) in [4.78, 5) is 78.6. The van der Waals surface area contributed by atoms with Crippen LogP contribution < -0.4 is 10.7 Å². The van der Waals surface area contributed by atoms with Crippen LogP contribution in [0.1, 0.15) is 36.2 Å². The van der Waals surface area contributed by atoms with Crippen LogP contribution in [-0.4, -0.2) is 86.3 Å². The fourth-order valence-electron chi connectivity index (χ4n) is 4.29. The zero-order valence-corrected chi connectivity index (χ0v) is 19.1. The predicted octanol–water partition coefficient (Wildman–Crippen LogP) is 0.0717. The summed E-state index contributed by atoms with van der Waals surface area (Å²) in [6.45, 7) is 0.0543. The van der Waals surface area contributed by atoms with Gasteiger partial charge >= 0.3 is 12.0 Å². The molecule has 2 unspecified atom stereocenters. The summed E-state index contributed by atoms with van der Waals surface area (Å²) < 4.78 is 0. The minimum atomic E-state index is -1.29. The van der Waals surface area contributed by atoms with Gasteiger partial charge in [-0.3, -0.25) is 29.6 Å². The maximum absolute atomic E-state index is 13.5. The molecule has 2 saturated heterocycles. The molecule has 188 valence electrons. The normalized spacial score (nSPS) is 18.8. The van der Waals surface area contributed by atoms with Crippen molar-refractivity contribution in [2.24, 2.45) is 0 Å². The molecule has 13 nitrogen and oxygen atoms in total. The molecule has 4 rings (SSSR count). The number of urea groups is 1. The van der Waals surface area contributed by atoms with Crippen molar-refractivity contribution in [2.45, 2.75) is 37.8 Å². The number of carbonyl (C=O) groups is 6. The third-order valence-corrected chi connectivity index (χ3v) is 5.98. The standard InChI is InChI=1S/C23H24N6O7/c30-13-15(12-19(32)33)25-21(34)17-6-3-10-28-18(31)8-11-27(23(36)29(17)28)26-22(35)20-16-5-2-1-4-14(16)7-9-24-20/h1-2,4-5,7,9,13,15,17H,3,6,8,10-12H2,(H,25,34)(H,26,35)(H,32,33). The molecule has 5 amide bonds. The van der Waals surface area contributed by atoms with E-state index in [-0.39, 0.29) is 31.6 Å². The minimum Gasteiger partial charge on any atom is -0.481 e. The van der Waals surface area contributed by atoms with Crippen LogP contribution in [0.25, 0.3) is 10.8 Å². The van der Waals surface area contributed by atoms with Gasteiger partial charge < -0.3 is 15.2 Å². The Morgan fingerprint density at radius 2 is 1.94 bits per heavy atom. The number of aldehydes is 1. The smallest absolute Gasteiger partial charge is 0.358 e. The van der Waals surface area contributed by atoms with Crippen LogP contribution in [0.3, 0.4) is 0 Å². The number of aromatic nitrogens is 1. The van der Waals surface area contributed by atoms with Gasteiger partial charge in [0.1, 0.15) is 18.0 Å². The topological polar surface area (TPSA) is 169 Å². The first-order valence-corrected chi connectivity index (χ1v) is 11.3. The summed E-state index contributed by atoms with van der Waals surface area (Å²) >= 11 is 0.